The highest BCUT2D eigenvalue weighted by atomic mass is 79.9. The minimum Gasteiger partial charge on any atom is -0.337 e. The van der Waals surface area contributed by atoms with Gasteiger partial charge in [0.05, 0.1) is 16.7 Å². The van der Waals surface area contributed by atoms with Crippen LogP contribution in [0, 0.1) is 0 Å². The van der Waals surface area contributed by atoms with Gasteiger partial charge in [-0.15, -0.1) is 12.4 Å². The Balaban J connectivity index is 0.00000182. The molecule has 2 N–H and O–H groups in total. The number of nitrogens with two attached hydrogens (primary N) is 1. The monoisotopic (exact) mass is 426 g/mol. The van der Waals surface area contributed by atoms with E-state index < -0.39 is 5.54 Å². The number of benzene rings is 1. The van der Waals surface area contributed by atoms with E-state index in [0.717, 1.165) is 35.1 Å². The fraction of sp³-hybridized carbons (Fsp3) is 0.375. The van der Waals surface area contributed by atoms with Crippen molar-refractivity contribution in [3.63, 3.8) is 0 Å². The Labute approximate surface area is 158 Å². The summed E-state index contributed by atoms with van der Waals surface area (Å²) in [5.41, 5.74) is 6.50. The molecule has 1 aliphatic heterocycles. The number of carbonyl (C=O) groups excluding carboxylic acids is 2. The summed E-state index contributed by atoms with van der Waals surface area (Å²) in [6.45, 7) is -0.0486. The van der Waals surface area contributed by atoms with Gasteiger partial charge in [0, 0.05) is 4.47 Å². The van der Waals surface area contributed by atoms with Crippen LogP contribution >= 0.6 is 28.3 Å². The first-order chi connectivity index (χ1) is 11.5. The minimum absolute atomic E-state index is 0. The highest BCUT2D eigenvalue weighted by molar-refractivity contribution is 9.10. The molecule has 2 amide bonds. The van der Waals surface area contributed by atoms with Crippen molar-refractivity contribution >= 4 is 40.2 Å². The fourth-order valence-corrected chi connectivity index (χ4v) is 3.65. The molecule has 1 fully saturated rings. The fourth-order valence-electron chi connectivity index (χ4n) is 3.29. The second kappa shape index (κ2) is 6.51. The van der Waals surface area contributed by atoms with E-state index in [-0.39, 0.29) is 36.7 Å². The maximum atomic E-state index is 12.5. The Kier molecular flexibility index (Phi) is 4.70. The van der Waals surface area contributed by atoms with E-state index in [9.17, 15) is 9.59 Å². The van der Waals surface area contributed by atoms with Crippen molar-refractivity contribution in [2.45, 2.75) is 37.8 Å². The van der Waals surface area contributed by atoms with Crippen LogP contribution in [-0.4, -0.2) is 26.9 Å². The Morgan fingerprint density at radius 2 is 1.88 bits per heavy atom. The predicted molar refractivity (Wildman–Crippen MR) is 94.2 cm³/mol. The molecule has 2 aliphatic rings. The number of amides is 2. The Bertz CT molecular complexity index is 848. The summed E-state index contributed by atoms with van der Waals surface area (Å²) in [7, 11) is 0. The van der Waals surface area contributed by atoms with Crippen LogP contribution in [0.1, 0.15) is 58.1 Å². The maximum Gasteiger partial charge on any atom is 0.262 e. The molecule has 7 nitrogen and oxygen atoms in total. The summed E-state index contributed by atoms with van der Waals surface area (Å²) in [4.78, 5) is 30.3. The van der Waals surface area contributed by atoms with E-state index in [4.69, 9.17) is 10.3 Å². The molecule has 1 aromatic heterocycles. The number of halogens is 2. The zero-order valence-electron chi connectivity index (χ0n) is 13.2. The summed E-state index contributed by atoms with van der Waals surface area (Å²) < 4.78 is 5.97. The predicted octanol–water partition coefficient (Wildman–Crippen LogP) is 2.78. The second-order valence-corrected chi connectivity index (χ2v) is 7.18. The van der Waals surface area contributed by atoms with Gasteiger partial charge in [-0.05, 0) is 31.0 Å². The topological polar surface area (TPSA) is 102 Å². The van der Waals surface area contributed by atoms with Crippen LogP contribution in [0.15, 0.2) is 27.2 Å². The van der Waals surface area contributed by atoms with Crippen molar-refractivity contribution < 1.29 is 14.1 Å². The molecular formula is C16H16BrClN4O3. The SMILES string of the molecule is Cl.NC1(c2noc(CN3C(=O)c4ccc(Br)cc4C3=O)n2)CCCC1. The van der Waals surface area contributed by atoms with Gasteiger partial charge in [0.25, 0.3) is 11.8 Å². The number of imide groups is 1. The van der Waals surface area contributed by atoms with Gasteiger partial charge in [-0.3, -0.25) is 14.5 Å². The summed E-state index contributed by atoms with van der Waals surface area (Å²) >= 11 is 3.31. The van der Waals surface area contributed by atoms with E-state index in [2.05, 4.69) is 26.1 Å². The van der Waals surface area contributed by atoms with Crippen molar-refractivity contribution in [1.82, 2.24) is 15.0 Å². The molecule has 1 aliphatic carbocycles. The molecule has 132 valence electrons. The Morgan fingerprint density at radius 3 is 2.60 bits per heavy atom. The quantitative estimate of drug-likeness (QED) is 0.756. The zero-order chi connectivity index (χ0) is 16.9. The van der Waals surface area contributed by atoms with Crippen molar-refractivity contribution in [3.8, 4) is 0 Å². The lowest BCUT2D eigenvalue weighted by Gasteiger charge is -2.17. The molecule has 9 heteroatoms. The van der Waals surface area contributed by atoms with Crippen LogP contribution in [-0.2, 0) is 12.1 Å². The number of rotatable bonds is 3. The van der Waals surface area contributed by atoms with Crippen molar-refractivity contribution in [2.75, 3.05) is 0 Å². The van der Waals surface area contributed by atoms with Gasteiger partial charge >= 0.3 is 0 Å². The average molecular weight is 428 g/mol. The number of hydrogen-bond donors (Lipinski definition) is 1. The van der Waals surface area contributed by atoms with Crippen LogP contribution in [0.4, 0.5) is 0 Å². The third-order valence-corrected chi connectivity index (χ3v) is 5.13. The average Bonchev–Trinajstić information content (AvgIpc) is 3.25. The molecule has 4 rings (SSSR count). The number of fused-ring (bicyclic) bond motifs is 1. The standard InChI is InChI=1S/C16H15BrN4O3.ClH/c17-9-3-4-10-11(7-9)14(23)21(13(10)22)8-12-19-15(20-24-12)16(18)5-1-2-6-16;/h3-4,7H,1-2,5-6,8,18H2;1H. The van der Waals surface area contributed by atoms with Gasteiger partial charge in [0.15, 0.2) is 5.82 Å². The summed E-state index contributed by atoms with van der Waals surface area (Å²) in [5, 5.41) is 3.96. The molecule has 1 saturated carbocycles. The third kappa shape index (κ3) is 2.98. The molecule has 2 aromatic rings. The molecule has 0 unspecified atom stereocenters. The van der Waals surface area contributed by atoms with Crippen LogP contribution < -0.4 is 5.73 Å². The first-order valence-corrected chi connectivity index (χ1v) is 8.55. The van der Waals surface area contributed by atoms with Crippen molar-refractivity contribution in [3.05, 3.63) is 45.5 Å². The highest BCUT2D eigenvalue weighted by Crippen LogP contribution is 2.35. The molecular weight excluding hydrogens is 412 g/mol. The molecule has 0 saturated heterocycles. The summed E-state index contributed by atoms with van der Waals surface area (Å²) in [6, 6.07) is 5.01. The zero-order valence-corrected chi connectivity index (χ0v) is 15.6. The Hall–Kier alpha value is -1.77. The molecule has 0 spiro atoms. The normalized spacial score (nSPS) is 18.4. The van der Waals surface area contributed by atoms with E-state index >= 15 is 0 Å². The molecule has 0 atom stereocenters. The maximum absolute atomic E-state index is 12.5. The number of hydrogen-bond acceptors (Lipinski definition) is 6. The van der Waals surface area contributed by atoms with Gasteiger partial charge in [-0.1, -0.05) is 33.9 Å². The largest absolute Gasteiger partial charge is 0.337 e. The van der Waals surface area contributed by atoms with E-state index in [1.165, 1.54) is 0 Å². The van der Waals surface area contributed by atoms with Crippen molar-refractivity contribution in [1.29, 1.82) is 0 Å². The molecule has 25 heavy (non-hydrogen) atoms. The Morgan fingerprint density at radius 1 is 1.20 bits per heavy atom. The molecule has 2 heterocycles. The third-order valence-electron chi connectivity index (χ3n) is 4.64. The lowest BCUT2D eigenvalue weighted by molar-refractivity contribution is 0.0625. The molecule has 0 radical (unpaired) electrons. The minimum atomic E-state index is -0.561. The van der Waals surface area contributed by atoms with Gasteiger partial charge in [-0.25, -0.2) is 0 Å². The van der Waals surface area contributed by atoms with E-state index in [0.29, 0.717) is 17.0 Å². The summed E-state index contributed by atoms with van der Waals surface area (Å²) in [6.07, 6.45) is 3.70. The van der Waals surface area contributed by atoms with Gasteiger partial charge < -0.3 is 10.3 Å². The number of aromatic nitrogens is 2. The van der Waals surface area contributed by atoms with E-state index in [1.54, 1.807) is 18.2 Å². The van der Waals surface area contributed by atoms with Crippen LogP contribution in [0.25, 0.3) is 0 Å². The molecule has 1 aromatic carbocycles. The lowest BCUT2D eigenvalue weighted by atomic mass is 9.99. The highest BCUT2D eigenvalue weighted by Gasteiger charge is 2.39. The van der Waals surface area contributed by atoms with Crippen LogP contribution in [0.2, 0.25) is 0 Å². The van der Waals surface area contributed by atoms with E-state index in [1.807, 2.05) is 0 Å². The molecule has 0 bridgehead atoms. The summed E-state index contributed by atoms with van der Waals surface area (Å²) in [5.74, 6) is -0.0467. The first kappa shape index (κ1) is 18.0. The van der Waals surface area contributed by atoms with Gasteiger partial charge in [0.2, 0.25) is 5.89 Å². The van der Waals surface area contributed by atoms with Crippen LogP contribution in [0.5, 0.6) is 0 Å². The van der Waals surface area contributed by atoms with Gasteiger partial charge in [0.1, 0.15) is 6.54 Å². The second-order valence-electron chi connectivity index (χ2n) is 6.26. The number of carbonyl (C=O) groups is 2. The lowest BCUT2D eigenvalue weighted by Crippen LogP contribution is -2.34. The first-order valence-electron chi connectivity index (χ1n) is 7.76. The van der Waals surface area contributed by atoms with Gasteiger partial charge in [-0.2, -0.15) is 4.98 Å². The number of nitrogens with zero attached hydrogens (tertiary/aromatic N) is 3. The van der Waals surface area contributed by atoms with Crippen LogP contribution in [0.3, 0.4) is 0 Å². The van der Waals surface area contributed by atoms with Crippen molar-refractivity contribution in [2.24, 2.45) is 5.73 Å². The smallest absolute Gasteiger partial charge is 0.262 e.